The molecule has 0 amide bonds. The number of hydrogen-bond donors (Lipinski definition) is 3. The smallest absolute Gasteiger partial charge is 0.303 e. The van der Waals surface area contributed by atoms with Crippen molar-refractivity contribution in [1.82, 2.24) is 4.90 Å². The van der Waals surface area contributed by atoms with Gasteiger partial charge in [0.1, 0.15) is 0 Å². The Morgan fingerprint density at radius 3 is 1.18 bits per heavy atom. The summed E-state index contributed by atoms with van der Waals surface area (Å²) in [6.07, 6.45) is 1.18. The molecule has 0 fully saturated rings. The molecule has 3 rings (SSSR count). The van der Waals surface area contributed by atoms with Crippen molar-refractivity contribution < 1.29 is 19.2 Å². The van der Waals surface area contributed by atoms with Crippen molar-refractivity contribution >= 4 is 31.0 Å². The number of benzene rings is 3. The van der Waals surface area contributed by atoms with Crippen molar-refractivity contribution in [2.24, 2.45) is 0 Å². The van der Waals surface area contributed by atoms with Gasteiger partial charge >= 0.3 is 179 Å². The maximum absolute atomic E-state index is 8.88. The second kappa shape index (κ2) is 12.6. The van der Waals surface area contributed by atoms with E-state index < -0.39 is 15.1 Å². The van der Waals surface area contributed by atoms with Crippen molar-refractivity contribution in [2.75, 3.05) is 12.7 Å². The van der Waals surface area contributed by atoms with Crippen LogP contribution in [0.5, 0.6) is 0 Å². The van der Waals surface area contributed by atoms with Crippen LogP contribution in [-0.4, -0.2) is 44.4 Å². The predicted octanol–water partition coefficient (Wildman–Crippen LogP) is 3.90. The van der Waals surface area contributed by atoms with Crippen molar-refractivity contribution in [2.45, 2.75) is 39.8 Å². The molecule has 0 saturated heterocycles. The minimum Gasteiger partial charge on any atom is -0.303 e. The van der Waals surface area contributed by atoms with E-state index in [0.29, 0.717) is 12.1 Å². The van der Waals surface area contributed by atoms with Crippen molar-refractivity contribution in [3.8, 4) is 0 Å². The zero-order valence-electron chi connectivity index (χ0n) is 19.9. The normalized spacial score (nSPS) is 12.5. The molecule has 0 heterocycles. The number of hydrogen-bond acceptors (Lipinski definition) is 2. The van der Waals surface area contributed by atoms with Crippen LogP contribution in [0.4, 0.5) is 0 Å². The maximum atomic E-state index is 8.88. The van der Waals surface area contributed by atoms with Gasteiger partial charge < -0.3 is 14.7 Å². The van der Waals surface area contributed by atoms with E-state index in [1.54, 1.807) is 0 Å². The molecular formula is C26H37NO4P2. The summed E-state index contributed by atoms with van der Waals surface area (Å²) in [5.74, 6) is 0. The topological polar surface area (TPSA) is 81.0 Å². The molecule has 3 N–H and O–H groups in total. The fraction of sp³-hybridized carbons (Fsp3) is 0.308. The van der Waals surface area contributed by atoms with Gasteiger partial charge in [-0.25, -0.2) is 4.57 Å². The fourth-order valence-corrected chi connectivity index (χ4v) is 9.25. The van der Waals surface area contributed by atoms with Crippen molar-refractivity contribution in [1.29, 1.82) is 0 Å². The van der Waals surface area contributed by atoms with Crippen LogP contribution >= 0.6 is 15.1 Å². The van der Waals surface area contributed by atoms with E-state index in [1.807, 2.05) is 0 Å². The molecule has 0 aliphatic heterocycles. The molecule has 180 valence electrons. The van der Waals surface area contributed by atoms with Crippen molar-refractivity contribution in [3.63, 3.8) is 0 Å². The van der Waals surface area contributed by atoms with Crippen LogP contribution in [0.1, 0.15) is 27.7 Å². The van der Waals surface area contributed by atoms with Crippen molar-refractivity contribution in [3.05, 3.63) is 91.0 Å². The molecule has 5 nitrogen and oxygen atoms in total. The summed E-state index contributed by atoms with van der Waals surface area (Å²) in [6.45, 7) is 10.4. The third kappa shape index (κ3) is 8.15. The van der Waals surface area contributed by atoms with Crippen LogP contribution in [0, 0.1) is 0 Å². The fourth-order valence-electron chi connectivity index (χ4n) is 4.51. The first-order valence-electron chi connectivity index (χ1n) is 11.3. The monoisotopic (exact) mass is 489 g/mol. The third-order valence-electron chi connectivity index (χ3n) is 5.87. The first-order chi connectivity index (χ1) is 15.6. The summed E-state index contributed by atoms with van der Waals surface area (Å²) in [5, 5.41) is 4.50. The van der Waals surface area contributed by atoms with Crippen LogP contribution in [-0.2, 0) is 4.57 Å². The van der Waals surface area contributed by atoms with Gasteiger partial charge in [-0.15, -0.1) is 0 Å². The Morgan fingerprint density at radius 2 is 0.939 bits per heavy atom. The van der Waals surface area contributed by atoms with Gasteiger partial charge in [-0.3, -0.25) is 0 Å². The Hall–Kier alpha value is -1.84. The quantitative estimate of drug-likeness (QED) is 0.418. The van der Waals surface area contributed by atoms with Gasteiger partial charge in [-0.2, -0.15) is 0 Å². The van der Waals surface area contributed by atoms with Crippen LogP contribution in [0.15, 0.2) is 91.0 Å². The molecule has 0 saturated carbocycles. The van der Waals surface area contributed by atoms with Crippen LogP contribution in [0.3, 0.4) is 0 Å². The summed E-state index contributed by atoms with van der Waals surface area (Å²) in [4.78, 5) is 24.2. The molecule has 3 aromatic carbocycles. The first kappa shape index (κ1) is 27.4. The second-order valence-corrected chi connectivity index (χ2v) is 13.8. The number of phosphoric acid groups is 1. The van der Waals surface area contributed by atoms with Gasteiger partial charge in [0, 0.05) is 0 Å². The van der Waals surface area contributed by atoms with E-state index in [9.17, 15) is 0 Å². The van der Waals surface area contributed by atoms with E-state index in [0.717, 1.165) is 6.54 Å². The summed E-state index contributed by atoms with van der Waals surface area (Å²) >= 11 is 0. The molecule has 0 aliphatic carbocycles. The summed E-state index contributed by atoms with van der Waals surface area (Å²) < 4.78 is 8.88. The van der Waals surface area contributed by atoms with Crippen LogP contribution in [0.25, 0.3) is 0 Å². The van der Waals surface area contributed by atoms with Gasteiger partial charge in [0.05, 0.1) is 0 Å². The summed E-state index contributed by atoms with van der Waals surface area (Å²) in [7, 11) is -6.76. The minimum absolute atomic E-state index is 0.550. The molecule has 0 atom stereocenters. The average Bonchev–Trinajstić information content (AvgIpc) is 2.77. The molecule has 0 radical (unpaired) electrons. The zero-order chi connectivity index (χ0) is 24.5. The second-order valence-electron chi connectivity index (χ2n) is 8.69. The largest absolute Gasteiger partial charge is 0.466 e. The molecule has 7 heteroatoms. The van der Waals surface area contributed by atoms with E-state index >= 15 is 0 Å². The van der Waals surface area contributed by atoms with E-state index in [1.165, 1.54) is 22.1 Å². The standard InChI is InChI=1S/C26H34NP.H3O4P/c1-22(2)27(23(3)4)20-21-28(24-14-8-5-9-15-24,25-16-10-6-11-17-25)26-18-12-7-13-19-26;1-5(2,3)4/h5-19,22-23,28H,20-21H2,1-4H3;(H3,1,2,3,4). The third-order valence-corrected chi connectivity index (χ3v) is 10.8. The molecule has 0 bridgehead atoms. The van der Waals surface area contributed by atoms with Crippen LogP contribution in [0.2, 0.25) is 0 Å². The Balaban J connectivity index is 0.000000696. The molecule has 3 aromatic rings. The molecule has 0 unspecified atom stereocenters. The Bertz CT molecular complexity index is 880. The van der Waals surface area contributed by atoms with E-state index in [-0.39, 0.29) is 0 Å². The van der Waals surface area contributed by atoms with E-state index in [2.05, 4.69) is 124 Å². The first-order valence-corrected chi connectivity index (χ1v) is 15.0. The van der Waals surface area contributed by atoms with E-state index in [4.69, 9.17) is 19.2 Å². The zero-order valence-corrected chi connectivity index (χ0v) is 21.8. The molecule has 0 aromatic heterocycles. The molecule has 0 aliphatic rings. The Labute approximate surface area is 198 Å². The number of nitrogens with zero attached hydrogens (tertiary/aromatic N) is 1. The van der Waals surface area contributed by atoms with Gasteiger partial charge in [0.25, 0.3) is 0 Å². The van der Waals surface area contributed by atoms with Gasteiger partial charge in [0.2, 0.25) is 0 Å². The van der Waals surface area contributed by atoms with Gasteiger partial charge in [0.15, 0.2) is 0 Å². The molecule has 0 spiro atoms. The summed E-state index contributed by atoms with van der Waals surface area (Å²) in [6, 6.07) is 34.8. The molecule has 33 heavy (non-hydrogen) atoms. The maximum Gasteiger partial charge on any atom is 0.466 e. The van der Waals surface area contributed by atoms with Gasteiger partial charge in [-0.05, 0) is 0 Å². The van der Waals surface area contributed by atoms with Gasteiger partial charge in [-0.1, -0.05) is 0 Å². The van der Waals surface area contributed by atoms with Crippen LogP contribution < -0.4 is 15.9 Å². The molecular weight excluding hydrogens is 452 g/mol. The predicted molar refractivity (Wildman–Crippen MR) is 143 cm³/mol. The minimum atomic E-state index is -4.64. The average molecular weight is 490 g/mol. The Morgan fingerprint density at radius 1 is 0.667 bits per heavy atom. The summed E-state index contributed by atoms with van der Waals surface area (Å²) in [5.41, 5.74) is 0. The SMILES string of the molecule is CC(C)N(CC[PH](c1ccccc1)(c1ccccc1)c1ccccc1)C(C)C.O=P(O)(O)O. The number of rotatable bonds is 8. The Kier molecular flexibility index (Phi) is 10.4.